The molecule has 0 aromatic heterocycles. The second-order valence-electron chi connectivity index (χ2n) is 5.01. The van der Waals surface area contributed by atoms with Crippen molar-refractivity contribution in [3.05, 3.63) is 18.2 Å². The van der Waals surface area contributed by atoms with Crippen molar-refractivity contribution in [1.82, 2.24) is 4.72 Å². The highest BCUT2D eigenvalue weighted by atomic mass is 32.2. The fraction of sp³-hybridized carbons (Fsp3) is 0.538. The number of ether oxygens (including phenoxy) is 1. The van der Waals surface area contributed by atoms with Crippen LogP contribution in [0.3, 0.4) is 0 Å². The molecule has 0 aliphatic heterocycles. The highest BCUT2D eigenvalue weighted by Gasteiger charge is 2.29. The molecule has 106 valence electrons. The Morgan fingerprint density at radius 1 is 1.42 bits per heavy atom. The van der Waals surface area contributed by atoms with Crippen molar-refractivity contribution < 1.29 is 13.2 Å². The predicted octanol–water partition coefficient (Wildman–Crippen LogP) is 1.74. The van der Waals surface area contributed by atoms with E-state index in [-0.39, 0.29) is 16.7 Å². The molecule has 3 N–H and O–H groups in total. The molecular formula is C13H20N2O3S. The van der Waals surface area contributed by atoms with E-state index in [4.69, 9.17) is 10.5 Å². The third-order valence-corrected chi connectivity index (χ3v) is 5.27. The van der Waals surface area contributed by atoms with E-state index in [1.54, 1.807) is 6.07 Å². The maximum atomic E-state index is 12.3. The molecule has 2 rings (SSSR count). The number of nitrogens with one attached hydrogen (secondary N) is 1. The summed E-state index contributed by atoms with van der Waals surface area (Å²) in [5.41, 5.74) is 6.11. The average Bonchev–Trinajstić information content (AvgIpc) is 2.24. The minimum absolute atomic E-state index is 0.0546. The molecule has 1 unspecified atom stereocenters. The second-order valence-corrected chi connectivity index (χ2v) is 6.69. The lowest BCUT2D eigenvalue weighted by Crippen LogP contribution is -2.40. The lowest BCUT2D eigenvalue weighted by Gasteiger charge is -2.31. The van der Waals surface area contributed by atoms with Gasteiger partial charge in [-0.05, 0) is 37.8 Å². The largest absolute Gasteiger partial charge is 0.495 e. The monoisotopic (exact) mass is 284 g/mol. The van der Waals surface area contributed by atoms with Crippen LogP contribution in [0.2, 0.25) is 0 Å². The predicted molar refractivity (Wildman–Crippen MR) is 74.5 cm³/mol. The van der Waals surface area contributed by atoms with Gasteiger partial charge in [-0.25, -0.2) is 13.1 Å². The van der Waals surface area contributed by atoms with Crippen LogP contribution in [0.15, 0.2) is 23.1 Å². The molecule has 0 spiro atoms. The van der Waals surface area contributed by atoms with Gasteiger partial charge in [0.05, 0.1) is 7.11 Å². The molecule has 19 heavy (non-hydrogen) atoms. The number of sulfonamides is 1. The van der Waals surface area contributed by atoms with Crippen molar-refractivity contribution in [3.8, 4) is 5.75 Å². The Kier molecular flexibility index (Phi) is 4.01. The zero-order valence-electron chi connectivity index (χ0n) is 11.2. The van der Waals surface area contributed by atoms with Crippen LogP contribution in [-0.2, 0) is 10.0 Å². The van der Waals surface area contributed by atoms with Crippen LogP contribution >= 0.6 is 0 Å². The average molecular weight is 284 g/mol. The molecule has 1 fully saturated rings. The van der Waals surface area contributed by atoms with E-state index in [9.17, 15) is 8.42 Å². The summed E-state index contributed by atoms with van der Waals surface area (Å²) in [6, 6.07) is 4.50. The van der Waals surface area contributed by atoms with Crippen LogP contribution in [0.25, 0.3) is 0 Å². The Labute approximate surface area is 114 Å². The fourth-order valence-electron chi connectivity index (χ4n) is 2.25. The molecule has 1 aromatic rings. The van der Waals surface area contributed by atoms with Crippen LogP contribution in [0.1, 0.15) is 26.2 Å². The van der Waals surface area contributed by atoms with Crippen LogP contribution in [0.4, 0.5) is 5.69 Å². The molecule has 0 radical (unpaired) electrons. The Hall–Kier alpha value is -1.27. The summed E-state index contributed by atoms with van der Waals surface area (Å²) < 4.78 is 32.5. The lowest BCUT2D eigenvalue weighted by molar-refractivity contribution is 0.260. The zero-order chi connectivity index (χ0) is 14.0. The molecule has 5 nitrogen and oxygen atoms in total. The molecule has 1 aliphatic carbocycles. The van der Waals surface area contributed by atoms with Gasteiger partial charge < -0.3 is 10.5 Å². The third kappa shape index (κ3) is 3.01. The molecule has 6 heteroatoms. The number of methoxy groups -OCH3 is 1. The van der Waals surface area contributed by atoms with Gasteiger partial charge in [0.25, 0.3) is 0 Å². The second kappa shape index (κ2) is 5.38. The number of nitrogens with two attached hydrogens (primary N) is 1. The van der Waals surface area contributed by atoms with Crippen LogP contribution in [-0.4, -0.2) is 21.6 Å². The van der Waals surface area contributed by atoms with E-state index >= 15 is 0 Å². The summed E-state index contributed by atoms with van der Waals surface area (Å²) in [5, 5.41) is 0. The first-order chi connectivity index (χ1) is 8.94. The quantitative estimate of drug-likeness (QED) is 0.807. The van der Waals surface area contributed by atoms with Crippen molar-refractivity contribution >= 4 is 15.7 Å². The summed E-state index contributed by atoms with van der Waals surface area (Å²) in [5.74, 6) is 0.711. The van der Waals surface area contributed by atoms with Gasteiger partial charge in [-0.15, -0.1) is 0 Å². The van der Waals surface area contributed by atoms with Crippen molar-refractivity contribution in [2.75, 3.05) is 12.8 Å². The van der Waals surface area contributed by atoms with Crippen molar-refractivity contribution in [2.24, 2.45) is 5.92 Å². The molecule has 0 saturated heterocycles. The Bertz CT molecular complexity index is 553. The van der Waals surface area contributed by atoms with E-state index in [1.165, 1.54) is 25.7 Å². The Morgan fingerprint density at radius 3 is 2.63 bits per heavy atom. The zero-order valence-corrected chi connectivity index (χ0v) is 12.0. The van der Waals surface area contributed by atoms with Gasteiger partial charge in [0.15, 0.2) is 0 Å². The normalized spacial score (nSPS) is 17.8. The van der Waals surface area contributed by atoms with Gasteiger partial charge in [-0.1, -0.05) is 6.42 Å². The minimum atomic E-state index is -3.57. The summed E-state index contributed by atoms with van der Waals surface area (Å²) in [7, 11) is -2.14. The Morgan fingerprint density at radius 2 is 2.11 bits per heavy atom. The number of hydrogen-bond donors (Lipinski definition) is 2. The standard InChI is InChI=1S/C13H20N2O3S/c1-9(10-4-3-5-10)15-19(16,17)13-7-6-11(14)8-12(13)18-2/h6-10,15H,3-5,14H2,1-2H3. The molecule has 0 bridgehead atoms. The number of hydrogen-bond acceptors (Lipinski definition) is 4. The smallest absolute Gasteiger partial charge is 0.244 e. The number of nitrogen functional groups attached to an aromatic ring is 1. The van der Waals surface area contributed by atoms with Gasteiger partial charge in [0.2, 0.25) is 10.0 Å². The number of benzene rings is 1. The molecule has 1 atom stereocenters. The van der Waals surface area contributed by atoms with Gasteiger partial charge >= 0.3 is 0 Å². The SMILES string of the molecule is COc1cc(N)ccc1S(=O)(=O)NC(C)C1CCC1. The van der Waals surface area contributed by atoms with Gasteiger partial charge in [0.1, 0.15) is 10.6 Å². The van der Waals surface area contributed by atoms with E-state index in [0.29, 0.717) is 11.6 Å². The maximum Gasteiger partial charge on any atom is 0.244 e. The minimum Gasteiger partial charge on any atom is -0.495 e. The molecule has 0 heterocycles. The third-order valence-electron chi connectivity index (χ3n) is 3.68. The van der Waals surface area contributed by atoms with E-state index in [2.05, 4.69) is 4.72 Å². The van der Waals surface area contributed by atoms with Gasteiger partial charge in [-0.2, -0.15) is 0 Å². The maximum absolute atomic E-state index is 12.3. The molecule has 1 aromatic carbocycles. The molecule has 1 aliphatic rings. The fourth-order valence-corrected chi connectivity index (χ4v) is 3.71. The summed E-state index contributed by atoms with van der Waals surface area (Å²) in [4.78, 5) is 0.135. The van der Waals surface area contributed by atoms with E-state index in [0.717, 1.165) is 12.8 Å². The van der Waals surface area contributed by atoms with E-state index < -0.39 is 10.0 Å². The first-order valence-electron chi connectivity index (χ1n) is 6.40. The highest BCUT2D eigenvalue weighted by molar-refractivity contribution is 7.89. The first kappa shape index (κ1) is 14.1. The summed E-state index contributed by atoms with van der Waals surface area (Å²) >= 11 is 0. The molecule has 1 saturated carbocycles. The molecular weight excluding hydrogens is 264 g/mol. The van der Waals surface area contributed by atoms with E-state index in [1.807, 2.05) is 6.92 Å². The van der Waals surface area contributed by atoms with Gasteiger partial charge in [-0.3, -0.25) is 0 Å². The van der Waals surface area contributed by atoms with Crippen molar-refractivity contribution in [3.63, 3.8) is 0 Å². The Balaban J connectivity index is 2.23. The van der Waals surface area contributed by atoms with Crippen molar-refractivity contribution in [1.29, 1.82) is 0 Å². The van der Waals surface area contributed by atoms with Crippen LogP contribution in [0.5, 0.6) is 5.75 Å². The number of rotatable bonds is 5. The molecule has 0 amide bonds. The topological polar surface area (TPSA) is 81.4 Å². The van der Waals surface area contributed by atoms with Crippen LogP contribution < -0.4 is 15.2 Å². The summed E-state index contributed by atoms with van der Waals surface area (Å²) in [6.07, 6.45) is 3.35. The lowest BCUT2D eigenvalue weighted by atomic mass is 9.81. The first-order valence-corrected chi connectivity index (χ1v) is 7.88. The van der Waals surface area contributed by atoms with Crippen LogP contribution in [0, 0.1) is 5.92 Å². The summed E-state index contributed by atoms with van der Waals surface area (Å²) in [6.45, 7) is 1.91. The number of anilines is 1. The van der Waals surface area contributed by atoms with Crippen molar-refractivity contribution in [2.45, 2.75) is 37.1 Å². The van der Waals surface area contributed by atoms with Gasteiger partial charge in [0, 0.05) is 17.8 Å². The highest BCUT2D eigenvalue weighted by Crippen LogP contribution is 2.31.